The quantitative estimate of drug-likeness (QED) is 0.784. The third-order valence-corrected chi connectivity index (χ3v) is 3.69. The van der Waals surface area contributed by atoms with Gasteiger partial charge in [0.15, 0.2) is 6.61 Å². The molecule has 102 valence electrons. The van der Waals surface area contributed by atoms with Crippen LogP contribution >= 0.6 is 10.7 Å². The molecule has 0 amide bonds. The lowest BCUT2D eigenvalue weighted by atomic mass is 10.2. The molecule has 19 heavy (non-hydrogen) atoms. The van der Waals surface area contributed by atoms with E-state index in [-0.39, 0.29) is 11.5 Å². The second kappa shape index (κ2) is 5.14. The molecule has 0 aliphatic rings. The monoisotopic (exact) mass is 302 g/mol. The lowest BCUT2D eigenvalue weighted by Gasteiger charge is -2.07. The highest BCUT2D eigenvalue weighted by atomic mass is 35.7. The van der Waals surface area contributed by atoms with Gasteiger partial charge in [-0.2, -0.15) is 4.80 Å². The van der Waals surface area contributed by atoms with Crippen molar-refractivity contribution < 1.29 is 13.2 Å². The molecule has 1 heterocycles. The Morgan fingerprint density at radius 2 is 2.16 bits per heavy atom. The first-order valence-electron chi connectivity index (χ1n) is 5.27. The van der Waals surface area contributed by atoms with Crippen LogP contribution in [0.4, 0.5) is 0 Å². The molecule has 1 aromatic heterocycles. The first-order valence-corrected chi connectivity index (χ1v) is 7.58. The van der Waals surface area contributed by atoms with Gasteiger partial charge in [-0.1, -0.05) is 0 Å². The van der Waals surface area contributed by atoms with E-state index >= 15 is 0 Å². The summed E-state index contributed by atoms with van der Waals surface area (Å²) in [6, 6.07) is 4.37. The number of halogens is 1. The highest BCUT2D eigenvalue weighted by Crippen LogP contribution is 2.24. The molecule has 2 aromatic rings. The van der Waals surface area contributed by atoms with Crippen LogP contribution < -0.4 is 4.74 Å². The van der Waals surface area contributed by atoms with Gasteiger partial charge in [-0.25, -0.2) is 8.42 Å². The summed E-state index contributed by atoms with van der Waals surface area (Å²) in [7, 11) is 3.19. The van der Waals surface area contributed by atoms with E-state index in [1.54, 1.807) is 20.0 Å². The fraction of sp³-hybridized carbons (Fsp3) is 0.300. The lowest BCUT2D eigenvalue weighted by molar-refractivity contribution is 0.293. The Morgan fingerprint density at radius 1 is 1.42 bits per heavy atom. The molecule has 2 rings (SSSR count). The average Bonchev–Trinajstić information content (AvgIpc) is 2.72. The topological polar surface area (TPSA) is 87.0 Å². The SMILES string of the molecule is Cc1cc(S(=O)(=O)Cl)ccc1OCc1nnn(C)n1. The molecule has 0 saturated carbocycles. The second-order valence-corrected chi connectivity index (χ2v) is 6.41. The molecule has 0 spiro atoms. The van der Waals surface area contributed by atoms with E-state index in [4.69, 9.17) is 15.4 Å². The molecule has 0 saturated heterocycles. The fourth-order valence-electron chi connectivity index (χ4n) is 1.46. The van der Waals surface area contributed by atoms with Crippen LogP contribution in [0.2, 0.25) is 0 Å². The van der Waals surface area contributed by atoms with Gasteiger partial charge in [0.2, 0.25) is 5.82 Å². The number of rotatable bonds is 4. The van der Waals surface area contributed by atoms with Gasteiger partial charge in [0.25, 0.3) is 9.05 Å². The zero-order valence-electron chi connectivity index (χ0n) is 10.2. The minimum Gasteiger partial charge on any atom is -0.485 e. The summed E-state index contributed by atoms with van der Waals surface area (Å²) in [4.78, 5) is 1.37. The lowest BCUT2D eigenvalue weighted by Crippen LogP contribution is -2.01. The molecule has 0 unspecified atom stereocenters. The molecule has 0 aliphatic heterocycles. The largest absolute Gasteiger partial charge is 0.485 e. The molecule has 1 aromatic carbocycles. The van der Waals surface area contributed by atoms with Gasteiger partial charge >= 0.3 is 0 Å². The van der Waals surface area contributed by atoms with Crippen molar-refractivity contribution in [1.82, 2.24) is 20.2 Å². The first-order chi connectivity index (χ1) is 8.86. The molecule has 0 bridgehead atoms. The number of hydrogen-bond donors (Lipinski definition) is 0. The van der Waals surface area contributed by atoms with Crippen molar-refractivity contribution in [3.05, 3.63) is 29.6 Å². The Bertz CT molecular complexity index is 699. The van der Waals surface area contributed by atoms with Crippen molar-refractivity contribution in [2.24, 2.45) is 7.05 Å². The van der Waals surface area contributed by atoms with Crippen LogP contribution in [-0.4, -0.2) is 28.6 Å². The van der Waals surface area contributed by atoms with Gasteiger partial charge in [0.05, 0.1) is 11.9 Å². The van der Waals surface area contributed by atoms with Crippen LogP contribution in [-0.2, 0) is 22.7 Å². The van der Waals surface area contributed by atoms with Gasteiger partial charge in [-0.3, -0.25) is 0 Å². The van der Waals surface area contributed by atoms with Crippen molar-refractivity contribution >= 4 is 19.7 Å². The summed E-state index contributed by atoms with van der Waals surface area (Å²) >= 11 is 0. The van der Waals surface area contributed by atoms with Gasteiger partial charge in [-0.15, -0.1) is 10.2 Å². The summed E-state index contributed by atoms with van der Waals surface area (Å²) < 4.78 is 27.8. The maximum absolute atomic E-state index is 11.2. The Balaban J connectivity index is 2.14. The first kappa shape index (κ1) is 13.8. The van der Waals surface area contributed by atoms with Crippen molar-refractivity contribution in [2.75, 3.05) is 0 Å². The maximum Gasteiger partial charge on any atom is 0.261 e. The summed E-state index contributed by atoms with van der Waals surface area (Å²) in [5.74, 6) is 0.979. The van der Waals surface area contributed by atoms with E-state index in [0.717, 1.165) is 0 Å². The molecule has 0 radical (unpaired) electrons. The highest BCUT2D eigenvalue weighted by molar-refractivity contribution is 8.13. The summed E-state index contributed by atoms with van der Waals surface area (Å²) in [6.07, 6.45) is 0. The fourth-order valence-corrected chi connectivity index (χ4v) is 2.30. The number of tetrazole rings is 1. The van der Waals surface area contributed by atoms with Gasteiger partial charge < -0.3 is 4.74 Å². The molecule has 0 aliphatic carbocycles. The highest BCUT2D eigenvalue weighted by Gasteiger charge is 2.12. The predicted molar refractivity (Wildman–Crippen MR) is 67.3 cm³/mol. The van der Waals surface area contributed by atoms with Crippen molar-refractivity contribution in [3.8, 4) is 5.75 Å². The van der Waals surface area contributed by atoms with Crippen LogP contribution in [0.5, 0.6) is 5.75 Å². The maximum atomic E-state index is 11.2. The predicted octanol–water partition coefficient (Wildman–Crippen LogP) is 1.03. The Morgan fingerprint density at radius 3 is 2.68 bits per heavy atom. The van der Waals surface area contributed by atoms with Gasteiger partial charge in [0, 0.05) is 10.7 Å². The second-order valence-electron chi connectivity index (χ2n) is 3.85. The smallest absolute Gasteiger partial charge is 0.261 e. The molecule has 7 nitrogen and oxygen atoms in total. The zero-order chi connectivity index (χ0) is 14.0. The molecular weight excluding hydrogens is 292 g/mol. The van der Waals surface area contributed by atoms with E-state index in [2.05, 4.69) is 15.4 Å². The van der Waals surface area contributed by atoms with E-state index < -0.39 is 9.05 Å². The molecule has 0 N–H and O–H groups in total. The van der Waals surface area contributed by atoms with Gasteiger partial charge in [0.1, 0.15) is 5.75 Å². The Labute approximate surface area is 114 Å². The van der Waals surface area contributed by atoms with Crippen LogP contribution in [0.25, 0.3) is 0 Å². The molecule has 0 atom stereocenters. The zero-order valence-corrected chi connectivity index (χ0v) is 11.8. The van der Waals surface area contributed by atoms with E-state index in [9.17, 15) is 8.42 Å². The van der Waals surface area contributed by atoms with E-state index in [0.29, 0.717) is 17.1 Å². The van der Waals surface area contributed by atoms with Crippen LogP contribution in [0.3, 0.4) is 0 Å². The minimum atomic E-state index is -3.73. The standard InChI is InChI=1S/C10H11ClN4O3S/c1-7-5-8(19(11,16)17)3-4-9(7)18-6-10-12-14-15(2)13-10/h3-5H,6H2,1-2H3. The average molecular weight is 303 g/mol. The summed E-state index contributed by atoms with van der Waals surface area (Å²) in [6.45, 7) is 1.88. The van der Waals surface area contributed by atoms with Crippen LogP contribution in [0, 0.1) is 6.92 Å². The third kappa shape index (κ3) is 3.42. The Hall–Kier alpha value is -1.67. The summed E-state index contributed by atoms with van der Waals surface area (Å²) in [5.41, 5.74) is 0.658. The summed E-state index contributed by atoms with van der Waals surface area (Å²) in [5, 5.41) is 11.4. The van der Waals surface area contributed by atoms with E-state index in [1.165, 1.54) is 16.9 Å². The molecular formula is C10H11ClN4O3S. The number of hydrogen-bond acceptors (Lipinski definition) is 6. The minimum absolute atomic E-state index is 0.0386. The van der Waals surface area contributed by atoms with Crippen molar-refractivity contribution in [3.63, 3.8) is 0 Å². The van der Waals surface area contributed by atoms with E-state index in [1.807, 2.05) is 0 Å². The number of aromatic nitrogens is 4. The molecule has 9 heteroatoms. The molecule has 0 fully saturated rings. The normalized spacial score (nSPS) is 11.5. The third-order valence-electron chi connectivity index (χ3n) is 2.33. The van der Waals surface area contributed by atoms with Crippen LogP contribution in [0.1, 0.15) is 11.4 Å². The van der Waals surface area contributed by atoms with Crippen molar-refractivity contribution in [1.29, 1.82) is 0 Å². The number of nitrogens with zero attached hydrogens (tertiary/aromatic N) is 4. The van der Waals surface area contributed by atoms with Crippen molar-refractivity contribution in [2.45, 2.75) is 18.4 Å². The van der Waals surface area contributed by atoms with Gasteiger partial charge in [-0.05, 0) is 35.9 Å². The number of benzene rings is 1. The number of ether oxygens (including phenoxy) is 1. The number of aryl methyl sites for hydroxylation is 2. The van der Waals surface area contributed by atoms with Crippen LogP contribution in [0.15, 0.2) is 23.1 Å². The Kier molecular flexibility index (Phi) is 3.72.